The lowest BCUT2D eigenvalue weighted by molar-refractivity contribution is 0.671. The van der Waals surface area contributed by atoms with E-state index >= 15 is 0 Å². The minimum atomic E-state index is 0.536. The smallest absolute Gasteiger partial charge is 0.0831 e. The van der Waals surface area contributed by atoms with Crippen molar-refractivity contribution in [2.24, 2.45) is 5.73 Å². The third kappa shape index (κ3) is 2.41. The summed E-state index contributed by atoms with van der Waals surface area (Å²) in [6, 6.07) is 3.98. The first-order chi connectivity index (χ1) is 7.28. The molecule has 0 atom stereocenters. The Morgan fingerprint density at radius 1 is 1.33 bits per heavy atom. The van der Waals surface area contributed by atoms with Gasteiger partial charge in [0.25, 0.3) is 0 Å². The molecule has 0 unspecified atom stereocenters. The van der Waals surface area contributed by atoms with E-state index in [2.05, 4.69) is 10.1 Å². The quantitative estimate of drug-likeness (QED) is 0.810. The van der Waals surface area contributed by atoms with Gasteiger partial charge < -0.3 is 5.73 Å². The Kier molecular flexibility index (Phi) is 2.78. The summed E-state index contributed by atoms with van der Waals surface area (Å²) in [7, 11) is 0. The minimum absolute atomic E-state index is 0.536. The molecule has 0 saturated carbocycles. The van der Waals surface area contributed by atoms with E-state index in [1.165, 1.54) is 0 Å². The van der Waals surface area contributed by atoms with Gasteiger partial charge in [-0.05, 0) is 24.1 Å². The van der Waals surface area contributed by atoms with Crippen LogP contribution in [0.1, 0.15) is 16.8 Å². The minimum Gasteiger partial charge on any atom is -0.326 e. The summed E-state index contributed by atoms with van der Waals surface area (Å²) < 4.78 is 1.87. The first kappa shape index (κ1) is 9.86. The molecule has 0 fully saturated rings. The summed E-state index contributed by atoms with van der Waals surface area (Å²) in [5, 5.41) is 4.21. The van der Waals surface area contributed by atoms with Crippen LogP contribution in [0.4, 0.5) is 0 Å². The largest absolute Gasteiger partial charge is 0.326 e. The van der Waals surface area contributed by atoms with Crippen LogP contribution in [0.3, 0.4) is 0 Å². The zero-order valence-electron chi connectivity index (χ0n) is 8.72. The zero-order chi connectivity index (χ0) is 10.7. The van der Waals surface area contributed by atoms with Crippen LogP contribution in [0.25, 0.3) is 0 Å². The van der Waals surface area contributed by atoms with Gasteiger partial charge in [0, 0.05) is 18.9 Å². The van der Waals surface area contributed by atoms with Crippen molar-refractivity contribution in [1.29, 1.82) is 0 Å². The predicted molar refractivity (Wildman–Crippen MR) is 58.2 cm³/mol. The monoisotopic (exact) mass is 202 g/mol. The Morgan fingerprint density at radius 3 is 2.73 bits per heavy atom. The molecule has 0 aliphatic carbocycles. The van der Waals surface area contributed by atoms with Crippen LogP contribution in [0, 0.1) is 6.92 Å². The summed E-state index contributed by atoms with van der Waals surface area (Å²) in [5.41, 5.74) is 8.71. The third-order valence-electron chi connectivity index (χ3n) is 2.21. The second kappa shape index (κ2) is 4.23. The van der Waals surface area contributed by atoms with Crippen molar-refractivity contribution >= 4 is 0 Å². The fourth-order valence-corrected chi connectivity index (χ4v) is 1.39. The Bertz CT molecular complexity index is 430. The number of aryl methyl sites for hydroxylation is 1. The lowest BCUT2D eigenvalue weighted by Gasteiger charge is -2.01. The first-order valence-corrected chi connectivity index (χ1v) is 4.91. The fourth-order valence-electron chi connectivity index (χ4n) is 1.39. The Morgan fingerprint density at radius 2 is 2.20 bits per heavy atom. The zero-order valence-corrected chi connectivity index (χ0v) is 8.72. The molecule has 0 bridgehead atoms. The maximum absolute atomic E-state index is 5.50. The molecule has 15 heavy (non-hydrogen) atoms. The number of aromatic nitrogens is 3. The van der Waals surface area contributed by atoms with Crippen molar-refractivity contribution in [3.8, 4) is 0 Å². The predicted octanol–water partition coefficient (Wildman–Crippen LogP) is 1.09. The standard InChI is InChI=1S/C11H14N4/c1-9-5-14-15(7-9)8-11-3-2-10(4-12)6-13-11/h2-3,5-7H,4,8,12H2,1H3. The van der Waals surface area contributed by atoms with Crippen LogP contribution in [-0.2, 0) is 13.1 Å². The van der Waals surface area contributed by atoms with E-state index in [1.54, 1.807) is 0 Å². The summed E-state index contributed by atoms with van der Waals surface area (Å²) in [6.45, 7) is 3.27. The number of nitrogens with zero attached hydrogens (tertiary/aromatic N) is 3. The van der Waals surface area contributed by atoms with Gasteiger partial charge in [-0.2, -0.15) is 5.10 Å². The highest BCUT2D eigenvalue weighted by Gasteiger charge is 1.98. The summed E-state index contributed by atoms with van der Waals surface area (Å²) in [5.74, 6) is 0. The van der Waals surface area contributed by atoms with Crippen molar-refractivity contribution < 1.29 is 0 Å². The molecule has 4 heteroatoms. The second-order valence-electron chi connectivity index (χ2n) is 3.58. The molecule has 0 aliphatic rings. The van der Waals surface area contributed by atoms with Gasteiger partial charge in [0.2, 0.25) is 0 Å². The van der Waals surface area contributed by atoms with E-state index in [0.29, 0.717) is 13.1 Å². The van der Waals surface area contributed by atoms with E-state index in [9.17, 15) is 0 Å². The molecular formula is C11H14N4. The maximum atomic E-state index is 5.50. The maximum Gasteiger partial charge on any atom is 0.0831 e. The van der Waals surface area contributed by atoms with Crippen molar-refractivity contribution in [2.45, 2.75) is 20.0 Å². The molecule has 4 nitrogen and oxygen atoms in total. The summed E-state index contributed by atoms with van der Waals surface area (Å²) >= 11 is 0. The van der Waals surface area contributed by atoms with E-state index in [1.807, 2.05) is 42.3 Å². The lowest BCUT2D eigenvalue weighted by Crippen LogP contribution is -2.03. The topological polar surface area (TPSA) is 56.7 Å². The molecule has 0 aliphatic heterocycles. The van der Waals surface area contributed by atoms with Gasteiger partial charge in [0.15, 0.2) is 0 Å². The van der Waals surface area contributed by atoms with Crippen LogP contribution in [0.15, 0.2) is 30.7 Å². The molecule has 78 valence electrons. The van der Waals surface area contributed by atoms with Gasteiger partial charge in [-0.3, -0.25) is 9.67 Å². The van der Waals surface area contributed by atoms with E-state index in [4.69, 9.17) is 5.73 Å². The fraction of sp³-hybridized carbons (Fsp3) is 0.273. The molecule has 0 amide bonds. The van der Waals surface area contributed by atoms with Gasteiger partial charge in [0.1, 0.15) is 0 Å². The molecule has 0 saturated heterocycles. The van der Waals surface area contributed by atoms with E-state index in [0.717, 1.165) is 16.8 Å². The average molecular weight is 202 g/mol. The van der Waals surface area contributed by atoms with Gasteiger partial charge in [-0.25, -0.2) is 0 Å². The molecule has 2 heterocycles. The normalized spacial score (nSPS) is 10.5. The van der Waals surface area contributed by atoms with Crippen molar-refractivity contribution in [1.82, 2.24) is 14.8 Å². The summed E-state index contributed by atoms with van der Waals surface area (Å²) in [4.78, 5) is 4.31. The van der Waals surface area contributed by atoms with Crippen LogP contribution in [0.2, 0.25) is 0 Å². The van der Waals surface area contributed by atoms with Crippen LogP contribution < -0.4 is 5.73 Å². The van der Waals surface area contributed by atoms with Gasteiger partial charge >= 0.3 is 0 Å². The molecular weight excluding hydrogens is 188 g/mol. The SMILES string of the molecule is Cc1cnn(Cc2ccc(CN)cn2)c1. The number of nitrogens with two attached hydrogens (primary N) is 1. The molecule has 2 aromatic rings. The van der Waals surface area contributed by atoms with Gasteiger partial charge in [-0.1, -0.05) is 6.07 Å². The summed E-state index contributed by atoms with van der Waals surface area (Å²) in [6.07, 6.45) is 5.65. The first-order valence-electron chi connectivity index (χ1n) is 4.91. The van der Waals surface area contributed by atoms with Crippen molar-refractivity contribution in [3.63, 3.8) is 0 Å². The van der Waals surface area contributed by atoms with Crippen LogP contribution >= 0.6 is 0 Å². The Balaban J connectivity index is 2.11. The number of hydrogen-bond acceptors (Lipinski definition) is 3. The van der Waals surface area contributed by atoms with Gasteiger partial charge in [-0.15, -0.1) is 0 Å². The highest BCUT2D eigenvalue weighted by atomic mass is 15.3. The molecule has 2 aromatic heterocycles. The van der Waals surface area contributed by atoms with Crippen molar-refractivity contribution in [2.75, 3.05) is 0 Å². The van der Waals surface area contributed by atoms with Crippen LogP contribution in [0.5, 0.6) is 0 Å². The number of rotatable bonds is 3. The molecule has 2 N–H and O–H groups in total. The number of pyridine rings is 1. The number of hydrogen-bond donors (Lipinski definition) is 1. The average Bonchev–Trinajstić information content (AvgIpc) is 2.65. The Labute approximate surface area is 88.8 Å². The molecule has 2 rings (SSSR count). The highest BCUT2D eigenvalue weighted by molar-refractivity contribution is 5.14. The van der Waals surface area contributed by atoms with Crippen molar-refractivity contribution in [3.05, 3.63) is 47.5 Å². The third-order valence-corrected chi connectivity index (χ3v) is 2.21. The molecule has 0 radical (unpaired) electrons. The highest BCUT2D eigenvalue weighted by Crippen LogP contribution is 2.02. The van der Waals surface area contributed by atoms with Crippen LogP contribution in [-0.4, -0.2) is 14.8 Å². The van der Waals surface area contributed by atoms with E-state index < -0.39 is 0 Å². The Hall–Kier alpha value is -1.68. The second-order valence-corrected chi connectivity index (χ2v) is 3.58. The van der Waals surface area contributed by atoms with E-state index in [-0.39, 0.29) is 0 Å². The molecule has 0 aromatic carbocycles. The molecule has 0 spiro atoms. The van der Waals surface area contributed by atoms with Gasteiger partial charge in [0.05, 0.1) is 18.4 Å². The lowest BCUT2D eigenvalue weighted by atomic mass is 10.2.